The van der Waals surface area contributed by atoms with Gasteiger partial charge in [-0.25, -0.2) is 9.78 Å². The molecule has 7 heteroatoms. The molecular formula is C20H24N4O2S. The van der Waals surface area contributed by atoms with Crippen LogP contribution in [0.1, 0.15) is 29.8 Å². The minimum atomic E-state index is -0.0431. The maximum absolute atomic E-state index is 12.8. The van der Waals surface area contributed by atoms with Crippen molar-refractivity contribution in [3.8, 4) is 10.6 Å². The van der Waals surface area contributed by atoms with Crippen LogP contribution in [-0.4, -0.2) is 70.9 Å². The van der Waals surface area contributed by atoms with Crippen molar-refractivity contribution in [2.75, 3.05) is 39.3 Å². The average molecular weight is 385 g/mol. The van der Waals surface area contributed by atoms with Gasteiger partial charge in [-0.1, -0.05) is 30.3 Å². The van der Waals surface area contributed by atoms with E-state index in [0.29, 0.717) is 31.9 Å². The predicted molar refractivity (Wildman–Crippen MR) is 106 cm³/mol. The van der Waals surface area contributed by atoms with Crippen LogP contribution < -0.4 is 0 Å². The number of hydrogen-bond acceptors (Lipinski definition) is 4. The summed E-state index contributed by atoms with van der Waals surface area (Å²) in [4.78, 5) is 35.5. The zero-order chi connectivity index (χ0) is 18.6. The van der Waals surface area contributed by atoms with Crippen molar-refractivity contribution in [3.63, 3.8) is 0 Å². The fourth-order valence-corrected chi connectivity index (χ4v) is 4.43. The molecule has 2 aliphatic heterocycles. The number of thiazole rings is 1. The molecule has 0 saturated carbocycles. The van der Waals surface area contributed by atoms with Crippen LogP contribution in [0.4, 0.5) is 4.79 Å². The molecule has 0 bridgehead atoms. The van der Waals surface area contributed by atoms with Crippen LogP contribution in [0.5, 0.6) is 0 Å². The Morgan fingerprint density at radius 2 is 1.44 bits per heavy atom. The number of nitrogens with zero attached hydrogens (tertiary/aromatic N) is 4. The first-order chi connectivity index (χ1) is 13.2. The van der Waals surface area contributed by atoms with Crippen LogP contribution in [0, 0.1) is 0 Å². The molecule has 2 aromatic rings. The molecule has 1 aromatic heterocycles. The first-order valence-electron chi connectivity index (χ1n) is 9.56. The number of likely N-dealkylation sites (tertiary alicyclic amines) is 1. The molecule has 0 radical (unpaired) electrons. The Morgan fingerprint density at radius 1 is 0.815 bits per heavy atom. The van der Waals surface area contributed by atoms with Crippen molar-refractivity contribution in [3.05, 3.63) is 41.4 Å². The van der Waals surface area contributed by atoms with Crippen LogP contribution in [0.3, 0.4) is 0 Å². The van der Waals surface area contributed by atoms with Crippen molar-refractivity contribution in [2.45, 2.75) is 19.3 Å². The summed E-state index contributed by atoms with van der Waals surface area (Å²) in [5, 5.41) is 2.69. The molecule has 1 aromatic carbocycles. The normalized spacial score (nSPS) is 17.9. The average Bonchev–Trinajstić information content (AvgIpc) is 3.24. The van der Waals surface area contributed by atoms with Crippen LogP contribution in [0.25, 0.3) is 10.6 Å². The topological polar surface area (TPSA) is 56.8 Å². The highest BCUT2D eigenvalue weighted by Crippen LogP contribution is 2.24. The molecular weight excluding hydrogens is 360 g/mol. The third kappa shape index (κ3) is 3.98. The van der Waals surface area contributed by atoms with Gasteiger partial charge in [0.05, 0.1) is 0 Å². The molecule has 0 unspecified atom stereocenters. The lowest BCUT2D eigenvalue weighted by Crippen LogP contribution is -2.54. The number of carbonyl (C=O) groups is 2. The monoisotopic (exact) mass is 384 g/mol. The molecule has 3 amide bonds. The summed E-state index contributed by atoms with van der Waals surface area (Å²) in [5.41, 5.74) is 1.52. The van der Waals surface area contributed by atoms with Gasteiger partial charge >= 0.3 is 6.03 Å². The van der Waals surface area contributed by atoms with Gasteiger partial charge in [0, 0.05) is 50.2 Å². The molecule has 27 heavy (non-hydrogen) atoms. The molecule has 142 valence electrons. The Hall–Kier alpha value is -2.41. The van der Waals surface area contributed by atoms with Crippen LogP contribution in [0.15, 0.2) is 35.7 Å². The molecule has 4 rings (SSSR count). The van der Waals surface area contributed by atoms with E-state index in [1.807, 2.05) is 50.4 Å². The first kappa shape index (κ1) is 18.0. The zero-order valence-electron chi connectivity index (χ0n) is 15.3. The van der Waals surface area contributed by atoms with Gasteiger partial charge in [-0.05, 0) is 19.3 Å². The van der Waals surface area contributed by atoms with Gasteiger partial charge < -0.3 is 14.7 Å². The SMILES string of the molecule is O=C(c1csc(-c2ccccc2)n1)N1CCN(C(=O)N2CCCCC2)CC1. The second kappa shape index (κ2) is 8.08. The molecule has 0 aliphatic carbocycles. The van der Waals surface area contributed by atoms with E-state index in [2.05, 4.69) is 4.98 Å². The molecule has 2 fully saturated rings. The largest absolute Gasteiger partial charge is 0.334 e. The van der Waals surface area contributed by atoms with Crippen LogP contribution in [-0.2, 0) is 0 Å². The summed E-state index contributed by atoms with van der Waals surface area (Å²) in [6.45, 7) is 4.04. The Morgan fingerprint density at radius 3 is 2.15 bits per heavy atom. The summed E-state index contributed by atoms with van der Waals surface area (Å²) < 4.78 is 0. The highest BCUT2D eigenvalue weighted by molar-refractivity contribution is 7.13. The summed E-state index contributed by atoms with van der Waals surface area (Å²) >= 11 is 1.49. The molecule has 2 aliphatic rings. The van der Waals surface area contributed by atoms with Gasteiger partial charge in [-0.3, -0.25) is 4.79 Å². The van der Waals surface area contributed by atoms with Gasteiger partial charge in [0.2, 0.25) is 0 Å². The summed E-state index contributed by atoms with van der Waals surface area (Å²) in [5.74, 6) is -0.0431. The lowest BCUT2D eigenvalue weighted by Gasteiger charge is -2.38. The van der Waals surface area contributed by atoms with Crippen molar-refractivity contribution in [2.24, 2.45) is 0 Å². The Bertz CT molecular complexity index is 793. The van der Waals surface area contributed by atoms with E-state index in [4.69, 9.17) is 0 Å². The minimum absolute atomic E-state index is 0.0431. The molecule has 0 spiro atoms. The second-order valence-electron chi connectivity index (χ2n) is 7.01. The van der Waals surface area contributed by atoms with Gasteiger partial charge in [0.1, 0.15) is 10.7 Å². The second-order valence-corrected chi connectivity index (χ2v) is 7.87. The number of piperidine rings is 1. The Kier molecular flexibility index (Phi) is 5.38. The quantitative estimate of drug-likeness (QED) is 0.799. The maximum atomic E-state index is 12.8. The molecule has 3 heterocycles. The molecule has 0 N–H and O–H groups in total. The van der Waals surface area contributed by atoms with Gasteiger partial charge in [-0.15, -0.1) is 11.3 Å². The molecule has 2 saturated heterocycles. The van der Waals surface area contributed by atoms with E-state index in [-0.39, 0.29) is 11.9 Å². The lowest BCUT2D eigenvalue weighted by molar-refractivity contribution is 0.0628. The van der Waals surface area contributed by atoms with Gasteiger partial charge in [-0.2, -0.15) is 0 Å². The van der Waals surface area contributed by atoms with Gasteiger partial charge in [0.25, 0.3) is 5.91 Å². The van der Waals surface area contributed by atoms with Crippen molar-refractivity contribution in [1.29, 1.82) is 0 Å². The minimum Gasteiger partial charge on any atom is -0.334 e. The number of piperazine rings is 1. The maximum Gasteiger partial charge on any atom is 0.320 e. The fourth-order valence-electron chi connectivity index (χ4n) is 3.63. The molecule has 0 atom stereocenters. The Labute approximate surface area is 163 Å². The van der Waals surface area contributed by atoms with E-state index in [0.717, 1.165) is 36.5 Å². The van der Waals surface area contributed by atoms with Crippen LogP contribution >= 0.6 is 11.3 Å². The van der Waals surface area contributed by atoms with Crippen LogP contribution in [0.2, 0.25) is 0 Å². The van der Waals surface area contributed by atoms with E-state index in [9.17, 15) is 9.59 Å². The number of amides is 3. The number of hydrogen-bond donors (Lipinski definition) is 0. The lowest BCUT2D eigenvalue weighted by atomic mass is 10.1. The van der Waals surface area contributed by atoms with Crippen molar-refractivity contribution >= 4 is 23.3 Å². The third-order valence-corrected chi connectivity index (χ3v) is 6.10. The van der Waals surface area contributed by atoms with Crippen molar-refractivity contribution < 1.29 is 9.59 Å². The Balaban J connectivity index is 1.35. The predicted octanol–water partition coefficient (Wildman–Crippen LogP) is 3.17. The number of urea groups is 1. The van der Waals surface area contributed by atoms with Gasteiger partial charge in [0.15, 0.2) is 0 Å². The number of carbonyl (C=O) groups excluding carboxylic acids is 2. The smallest absolute Gasteiger partial charge is 0.320 e. The fraction of sp³-hybridized carbons (Fsp3) is 0.450. The van der Waals surface area contributed by atoms with E-state index in [1.54, 1.807) is 0 Å². The first-order valence-corrected chi connectivity index (χ1v) is 10.4. The van der Waals surface area contributed by atoms with E-state index >= 15 is 0 Å². The zero-order valence-corrected chi connectivity index (χ0v) is 16.2. The van der Waals surface area contributed by atoms with E-state index < -0.39 is 0 Å². The van der Waals surface area contributed by atoms with Crippen molar-refractivity contribution in [1.82, 2.24) is 19.7 Å². The highest BCUT2D eigenvalue weighted by Gasteiger charge is 2.29. The third-order valence-electron chi connectivity index (χ3n) is 5.21. The number of benzene rings is 1. The number of aromatic nitrogens is 1. The highest BCUT2D eigenvalue weighted by atomic mass is 32.1. The summed E-state index contributed by atoms with van der Waals surface area (Å²) in [6.07, 6.45) is 3.40. The molecule has 6 nitrogen and oxygen atoms in total. The summed E-state index contributed by atoms with van der Waals surface area (Å²) in [7, 11) is 0. The number of rotatable bonds is 2. The standard InChI is InChI=1S/C20H24N4O2S/c25-19(17-15-27-18(21-17)16-7-3-1-4-8-16)22-11-13-24(14-12-22)20(26)23-9-5-2-6-10-23/h1,3-4,7-8,15H,2,5-6,9-14H2. The summed E-state index contributed by atoms with van der Waals surface area (Å²) in [6, 6.07) is 10.0. The van der Waals surface area contributed by atoms with E-state index in [1.165, 1.54) is 17.8 Å².